The van der Waals surface area contributed by atoms with Crippen LogP contribution in [-0.4, -0.2) is 46.3 Å². The summed E-state index contributed by atoms with van der Waals surface area (Å²) >= 11 is 0. The highest BCUT2D eigenvalue weighted by atomic mass is 32.2. The number of sulfonamides is 1. The Hall–Kier alpha value is -3.27. The molecule has 1 atom stereocenters. The van der Waals surface area contributed by atoms with Gasteiger partial charge in [0, 0.05) is 18.2 Å². The molecule has 152 valence electrons. The molecule has 0 saturated carbocycles. The predicted octanol–water partition coefficient (Wildman–Crippen LogP) is 1.73. The van der Waals surface area contributed by atoms with Crippen LogP contribution in [0.25, 0.3) is 0 Å². The van der Waals surface area contributed by atoms with Gasteiger partial charge in [0.05, 0.1) is 17.1 Å². The predicted molar refractivity (Wildman–Crippen MR) is 99.5 cm³/mol. The molecule has 0 spiro atoms. The van der Waals surface area contributed by atoms with Crippen molar-refractivity contribution in [2.45, 2.75) is 17.4 Å². The Labute approximate surface area is 166 Å². The van der Waals surface area contributed by atoms with Gasteiger partial charge < -0.3 is 18.9 Å². The number of hydrogen-bond acceptors (Lipinski definition) is 8. The Bertz CT molecular complexity index is 1050. The molecule has 1 unspecified atom stereocenters. The van der Waals surface area contributed by atoms with E-state index >= 15 is 0 Å². The average Bonchev–Trinajstić information content (AvgIpc) is 3.12. The summed E-state index contributed by atoms with van der Waals surface area (Å²) in [4.78, 5) is 23.5. The summed E-state index contributed by atoms with van der Waals surface area (Å²) in [5.74, 6) is -0.399. The normalized spacial score (nSPS) is 18.1. The van der Waals surface area contributed by atoms with Gasteiger partial charge >= 0.3 is 11.9 Å². The molecule has 0 bridgehead atoms. The standard InChI is InChI=1S/C19H17NO8S/c21-18(28-16-7-8-27-19(16)22)12-1-3-13(4-2-12)20-29(23,24)14-5-6-15-17(11-14)26-10-9-25-15/h1-6,11,16,20H,7-10H2. The topological polar surface area (TPSA) is 117 Å². The number of carbonyl (C=O) groups is 2. The molecule has 2 aromatic carbocycles. The van der Waals surface area contributed by atoms with Crippen LogP contribution in [0.1, 0.15) is 16.8 Å². The molecule has 9 nitrogen and oxygen atoms in total. The van der Waals surface area contributed by atoms with Gasteiger partial charge in [-0.1, -0.05) is 0 Å². The molecule has 1 N–H and O–H groups in total. The Morgan fingerprint density at radius 1 is 0.966 bits per heavy atom. The second-order valence-corrected chi connectivity index (χ2v) is 8.02. The number of esters is 2. The van der Waals surface area contributed by atoms with Gasteiger partial charge in [0.15, 0.2) is 11.5 Å². The Morgan fingerprint density at radius 3 is 2.38 bits per heavy atom. The number of rotatable bonds is 5. The van der Waals surface area contributed by atoms with E-state index in [1.54, 1.807) is 0 Å². The molecular formula is C19H17NO8S. The fourth-order valence-electron chi connectivity index (χ4n) is 2.86. The first-order valence-corrected chi connectivity index (χ1v) is 10.3. The minimum absolute atomic E-state index is 0.0185. The number of fused-ring (bicyclic) bond motifs is 1. The lowest BCUT2D eigenvalue weighted by molar-refractivity contribution is -0.145. The van der Waals surface area contributed by atoms with Crippen molar-refractivity contribution >= 4 is 27.6 Å². The van der Waals surface area contributed by atoms with E-state index in [2.05, 4.69) is 4.72 Å². The van der Waals surface area contributed by atoms with Gasteiger partial charge in [-0.15, -0.1) is 0 Å². The number of carbonyl (C=O) groups excluding carboxylic acids is 2. The molecule has 0 aromatic heterocycles. The van der Waals surface area contributed by atoms with Crippen LogP contribution < -0.4 is 14.2 Å². The Balaban J connectivity index is 1.45. The van der Waals surface area contributed by atoms with E-state index in [0.29, 0.717) is 31.1 Å². The number of hydrogen-bond donors (Lipinski definition) is 1. The molecule has 4 rings (SSSR count). The van der Waals surface area contributed by atoms with Crippen molar-refractivity contribution in [2.24, 2.45) is 0 Å². The van der Waals surface area contributed by atoms with Crippen molar-refractivity contribution in [3.63, 3.8) is 0 Å². The molecule has 29 heavy (non-hydrogen) atoms. The third kappa shape index (κ3) is 4.11. The molecule has 2 aliphatic rings. The second kappa shape index (κ2) is 7.63. The molecular weight excluding hydrogens is 402 g/mol. The largest absolute Gasteiger partial charge is 0.486 e. The van der Waals surface area contributed by atoms with Crippen LogP contribution in [0.15, 0.2) is 47.4 Å². The van der Waals surface area contributed by atoms with E-state index < -0.39 is 28.1 Å². The summed E-state index contributed by atoms with van der Waals surface area (Å²) < 4.78 is 48.3. The molecule has 10 heteroatoms. The average molecular weight is 419 g/mol. The summed E-state index contributed by atoms with van der Waals surface area (Å²) in [7, 11) is -3.87. The number of benzene rings is 2. The minimum Gasteiger partial charge on any atom is -0.486 e. The maximum absolute atomic E-state index is 12.6. The molecule has 0 aliphatic carbocycles. The van der Waals surface area contributed by atoms with Crippen molar-refractivity contribution in [3.05, 3.63) is 48.0 Å². The molecule has 2 aromatic rings. The van der Waals surface area contributed by atoms with Crippen LogP contribution in [0.4, 0.5) is 5.69 Å². The number of cyclic esters (lactones) is 1. The lowest BCUT2D eigenvalue weighted by Gasteiger charge is -2.19. The third-order valence-corrected chi connectivity index (χ3v) is 5.71. The summed E-state index contributed by atoms with van der Waals surface area (Å²) in [6.07, 6.45) is -0.589. The SMILES string of the molecule is O=C(OC1CCOC1=O)c1ccc(NS(=O)(=O)c2ccc3c(c2)OCCO3)cc1. The summed E-state index contributed by atoms with van der Waals surface area (Å²) in [5, 5.41) is 0. The van der Waals surface area contributed by atoms with Crippen LogP contribution >= 0.6 is 0 Å². The van der Waals surface area contributed by atoms with Crippen LogP contribution in [0.2, 0.25) is 0 Å². The highest BCUT2D eigenvalue weighted by Gasteiger charge is 2.30. The smallest absolute Gasteiger partial charge is 0.347 e. The van der Waals surface area contributed by atoms with Gasteiger partial charge in [-0.05, 0) is 36.4 Å². The lowest BCUT2D eigenvalue weighted by atomic mass is 10.2. The highest BCUT2D eigenvalue weighted by Crippen LogP contribution is 2.32. The van der Waals surface area contributed by atoms with Crippen LogP contribution in [0, 0.1) is 0 Å². The van der Waals surface area contributed by atoms with Crippen molar-refractivity contribution in [1.82, 2.24) is 0 Å². The molecule has 0 radical (unpaired) electrons. The lowest BCUT2D eigenvalue weighted by Crippen LogP contribution is -2.22. The van der Waals surface area contributed by atoms with E-state index in [9.17, 15) is 18.0 Å². The van der Waals surface area contributed by atoms with E-state index in [-0.39, 0.29) is 22.8 Å². The minimum atomic E-state index is -3.87. The molecule has 1 fully saturated rings. The van der Waals surface area contributed by atoms with Gasteiger partial charge in [0.1, 0.15) is 13.2 Å². The number of nitrogens with one attached hydrogen (secondary N) is 1. The first-order valence-electron chi connectivity index (χ1n) is 8.82. The number of anilines is 1. The summed E-state index contributed by atoms with van der Waals surface area (Å²) in [6, 6.07) is 10.0. The van der Waals surface area contributed by atoms with Crippen molar-refractivity contribution in [3.8, 4) is 11.5 Å². The zero-order valence-corrected chi connectivity index (χ0v) is 15.9. The molecule has 2 aliphatic heterocycles. The van der Waals surface area contributed by atoms with Crippen molar-refractivity contribution in [2.75, 3.05) is 24.5 Å². The Morgan fingerprint density at radius 2 is 1.69 bits per heavy atom. The van der Waals surface area contributed by atoms with Crippen LogP contribution in [0.3, 0.4) is 0 Å². The zero-order valence-electron chi connectivity index (χ0n) is 15.1. The fraction of sp³-hybridized carbons (Fsp3) is 0.263. The number of ether oxygens (including phenoxy) is 4. The highest BCUT2D eigenvalue weighted by molar-refractivity contribution is 7.92. The molecule has 2 heterocycles. The maximum atomic E-state index is 12.6. The van der Waals surface area contributed by atoms with E-state index in [1.807, 2.05) is 0 Å². The summed E-state index contributed by atoms with van der Waals surface area (Å²) in [5.41, 5.74) is 0.448. The fourth-order valence-corrected chi connectivity index (χ4v) is 3.93. The van der Waals surface area contributed by atoms with E-state index in [1.165, 1.54) is 42.5 Å². The van der Waals surface area contributed by atoms with Crippen molar-refractivity contribution < 1.29 is 37.0 Å². The van der Waals surface area contributed by atoms with Gasteiger partial charge in [-0.25, -0.2) is 18.0 Å². The first kappa shape index (κ1) is 19.1. The maximum Gasteiger partial charge on any atom is 0.347 e. The monoisotopic (exact) mass is 419 g/mol. The van der Waals surface area contributed by atoms with Crippen LogP contribution in [-0.2, 0) is 24.3 Å². The zero-order chi connectivity index (χ0) is 20.4. The summed E-state index contributed by atoms with van der Waals surface area (Å²) in [6.45, 7) is 0.978. The molecule has 0 amide bonds. The quantitative estimate of drug-likeness (QED) is 0.728. The first-order chi connectivity index (χ1) is 13.9. The van der Waals surface area contributed by atoms with Crippen LogP contribution in [0.5, 0.6) is 11.5 Å². The van der Waals surface area contributed by atoms with Crippen molar-refractivity contribution in [1.29, 1.82) is 0 Å². The van der Waals surface area contributed by atoms with Gasteiger partial charge in [-0.3, -0.25) is 4.72 Å². The van der Waals surface area contributed by atoms with Gasteiger partial charge in [0.25, 0.3) is 10.0 Å². The second-order valence-electron chi connectivity index (χ2n) is 6.34. The third-order valence-electron chi connectivity index (χ3n) is 4.33. The van der Waals surface area contributed by atoms with E-state index in [0.717, 1.165) is 0 Å². The molecule has 1 saturated heterocycles. The van der Waals surface area contributed by atoms with Gasteiger partial charge in [0.2, 0.25) is 6.10 Å². The van der Waals surface area contributed by atoms with Gasteiger partial charge in [-0.2, -0.15) is 0 Å². The van der Waals surface area contributed by atoms with E-state index in [4.69, 9.17) is 18.9 Å². The Kier molecular flexibility index (Phi) is 5.01.